The topological polar surface area (TPSA) is 58.4 Å². The van der Waals surface area contributed by atoms with Crippen LogP contribution in [-0.2, 0) is 10.2 Å². The molecule has 1 atom stereocenters. The predicted octanol–water partition coefficient (Wildman–Crippen LogP) is 3.84. The molecule has 1 aliphatic heterocycles. The molecule has 0 saturated carbocycles. The lowest BCUT2D eigenvalue weighted by Gasteiger charge is -2.41. The molecule has 23 heavy (non-hydrogen) atoms. The van der Waals surface area contributed by atoms with Crippen LogP contribution in [0.5, 0.6) is 0 Å². The van der Waals surface area contributed by atoms with Crippen molar-refractivity contribution in [2.45, 2.75) is 38.6 Å². The fraction of sp³-hybridized carbons (Fsp3) is 0.412. The van der Waals surface area contributed by atoms with Crippen LogP contribution in [0.2, 0.25) is 5.02 Å². The highest BCUT2D eigenvalue weighted by Gasteiger charge is 2.35. The van der Waals surface area contributed by atoms with E-state index in [1.165, 1.54) is 0 Å². The van der Waals surface area contributed by atoms with Gasteiger partial charge in [-0.15, -0.1) is 0 Å². The predicted molar refractivity (Wildman–Crippen MR) is 91.0 cm³/mol. The molecular formula is C17H20ClN3O2. The number of hydrogen-bond acceptors (Lipinski definition) is 4. The van der Waals surface area contributed by atoms with Crippen molar-refractivity contribution in [2.75, 3.05) is 16.8 Å². The highest BCUT2D eigenvalue weighted by molar-refractivity contribution is 6.30. The zero-order valence-corrected chi connectivity index (χ0v) is 14.2. The van der Waals surface area contributed by atoms with Crippen molar-refractivity contribution in [3.05, 3.63) is 41.0 Å². The van der Waals surface area contributed by atoms with Crippen LogP contribution in [-0.4, -0.2) is 23.7 Å². The first-order valence-corrected chi connectivity index (χ1v) is 8.03. The van der Waals surface area contributed by atoms with Crippen LogP contribution in [0, 0.1) is 0 Å². The first kappa shape index (κ1) is 15.9. The number of hydrogen-bond donors (Lipinski definition) is 1. The second-order valence-electron chi connectivity index (χ2n) is 6.79. The Labute approximate surface area is 140 Å². The molecular weight excluding hydrogens is 314 g/mol. The van der Waals surface area contributed by atoms with Gasteiger partial charge in [0, 0.05) is 28.7 Å². The Morgan fingerprint density at radius 1 is 1.35 bits per heavy atom. The molecule has 0 radical (unpaired) electrons. The van der Waals surface area contributed by atoms with E-state index in [-0.39, 0.29) is 17.4 Å². The van der Waals surface area contributed by atoms with E-state index in [2.05, 4.69) is 10.5 Å². The maximum atomic E-state index is 12.4. The Morgan fingerprint density at radius 2 is 2.04 bits per heavy atom. The highest BCUT2D eigenvalue weighted by atomic mass is 35.5. The summed E-state index contributed by atoms with van der Waals surface area (Å²) in [7, 11) is 0. The summed E-state index contributed by atoms with van der Waals surface area (Å²) in [5.41, 5.74) is 1.70. The smallest absolute Gasteiger partial charge is 0.249 e. The van der Waals surface area contributed by atoms with Gasteiger partial charge in [0.2, 0.25) is 11.8 Å². The number of aromatic nitrogens is 1. The van der Waals surface area contributed by atoms with Gasteiger partial charge < -0.3 is 9.42 Å². The third-order valence-electron chi connectivity index (χ3n) is 4.01. The van der Waals surface area contributed by atoms with E-state index in [0.717, 1.165) is 24.3 Å². The second kappa shape index (κ2) is 5.89. The molecule has 1 aromatic carbocycles. The fourth-order valence-corrected chi connectivity index (χ4v) is 2.62. The number of carbonyl (C=O) groups is 1. The molecule has 6 heteroatoms. The third-order valence-corrected chi connectivity index (χ3v) is 4.26. The second-order valence-corrected chi connectivity index (χ2v) is 7.23. The Morgan fingerprint density at radius 3 is 2.57 bits per heavy atom. The minimum Gasteiger partial charge on any atom is -0.359 e. The monoisotopic (exact) mass is 333 g/mol. The molecule has 1 saturated heterocycles. The summed E-state index contributed by atoms with van der Waals surface area (Å²) in [5, 5.41) is 7.51. The summed E-state index contributed by atoms with van der Waals surface area (Å²) in [6.45, 7) is 6.99. The third kappa shape index (κ3) is 3.34. The summed E-state index contributed by atoms with van der Waals surface area (Å²) >= 11 is 5.91. The summed E-state index contributed by atoms with van der Waals surface area (Å²) in [6, 6.07) is 9.09. The van der Waals surface area contributed by atoms with Crippen molar-refractivity contribution in [2.24, 2.45) is 0 Å². The van der Waals surface area contributed by atoms with Crippen LogP contribution in [0.25, 0.3) is 0 Å². The van der Waals surface area contributed by atoms with E-state index >= 15 is 0 Å². The lowest BCUT2D eigenvalue weighted by atomic mass is 9.92. The molecule has 0 bridgehead atoms. The summed E-state index contributed by atoms with van der Waals surface area (Å²) in [6.07, 6.45) is 0.814. The van der Waals surface area contributed by atoms with Crippen LogP contribution >= 0.6 is 11.6 Å². The Hall–Kier alpha value is -2.01. The van der Waals surface area contributed by atoms with E-state index < -0.39 is 0 Å². The zero-order chi connectivity index (χ0) is 16.6. The Bertz CT molecular complexity index is 703. The van der Waals surface area contributed by atoms with Crippen LogP contribution in [0.3, 0.4) is 0 Å². The highest BCUT2D eigenvalue weighted by Crippen LogP contribution is 2.29. The van der Waals surface area contributed by atoms with Gasteiger partial charge in [0.15, 0.2) is 0 Å². The fourth-order valence-electron chi connectivity index (χ4n) is 2.49. The van der Waals surface area contributed by atoms with Crippen LogP contribution < -0.4 is 10.2 Å². The van der Waals surface area contributed by atoms with Crippen LogP contribution in [0.15, 0.2) is 34.9 Å². The van der Waals surface area contributed by atoms with Crippen molar-refractivity contribution in [1.82, 2.24) is 5.16 Å². The molecule has 1 N–H and O–H groups in total. The molecule has 0 aliphatic carbocycles. The van der Waals surface area contributed by atoms with E-state index in [1.807, 2.05) is 49.9 Å². The zero-order valence-electron chi connectivity index (χ0n) is 13.5. The molecule has 5 nitrogen and oxygen atoms in total. The SMILES string of the molecule is CC(C)(C)c1cc(NC(=O)[C@@H]2CCN2c2ccc(Cl)cc2)on1. The van der Waals surface area contributed by atoms with Crippen molar-refractivity contribution in [1.29, 1.82) is 0 Å². The minimum atomic E-state index is -0.195. The van der Waals surface area contributed by atoms with Crippen LogP contribution in [0.1, 0.15) is 32.9 Å². The van der Waals surface area contributed by atoms with Crippen molar-refractivity contribution < 1.29 is 9.32 Å². The number of nitrogens with zero attached hydrogens (tertiary/aromatic N) is 2. The number of carbonyl (C=O) groups excluding carboxylic acids is 1. The van der Waals surface area contributed by atoms with Gasteiger partial charge in [-0.25, -0.2) is 0 Å². The average molecular weight is 334 g/mol. The molecule has 1 aromatic heterocycles. The molecule has 0 spiro atoms. The molecule has 1 fully saturated rings. The van der Waals surface area contributed by atoms with Gasteiger partial charge in [0.1, 0.15) is 6.04 Å². The largest absolute Gasteiger partial charge is 0.359 e. The quantitative estimate of drug-likeness (QED) is 0.927. The number of halogens is 1. The molecule has 1 amide bonds. The molecule has 0 unspecified atom stereocenters. The number of benzene rings is 1. The minimum absolute atomic E-state index is 0.0807. The van der Waals surface area contributed by atoms with Gasteiger partial charge in [-0.05, 0) is 30.7 Å². The number of nitrogens with one attached hydrogen (secondary N) is 1. The number of amides is 1. The molecule has 3 rings (SSSR count). The van der Waals surface area contributed by atoms with Gasteiger partial charge in [-0.2, -0.15) is 0 Å². The van der Waals surface area contributed by atoms with Gasteiger partial charge in [0.25, 0.3) is 0 Å². The van der Waals surface area contributed by atoms with E-state index in [0.29, 0.717) is 10.9 Å². The molecule has 1 aliphatic rings. The maximum absolute atomic E-state index is 12.4. The molecule has 2 aromatic rings. The van der Waals surface area contributed by atoms with Gasteiger partial charge >= 0.3 is 0 Å². The lowest BCUT2D eigenvalue weighted by molar-refractivity contribution is -0.118. The Kier molecular flexibility index (Phi) is 4.06. The van der Waals surface area contributed by atoms with Crippen molar-refractivity contribution in [3.8, 4) is 0 Å². The summed E-state index contributed by atoms with van der Waals surface area (Å²) < 4.78 is 5.22. The Balaban J connectivity index is 1.66. The van der Waals surface area contributed by atoms with Gasteiger partial charge in [0.05, 0.1) is 5.69 Å². The lowest BCUT2D eigenvalue weighted by Crippen LogP contribution is -2.54. The maximum Gasteiger partial charge on any atom is 0.249 e. The van der Waals surface area contributed by atoms with E-state index in [4.69, 9.17) is 16.1 Å². The van der Waals surface area contributed by atoms with E-state index in [1.54, 1.807) is 6.07 Å². The van der Waals surface area contributed by atoms with Gasteiger partial charge in [-0.3, -0.25) is 10.1 Å². The normalized spacial score (nSPS) is 17.7. The van der Waals surface area contributed by atoms with Crippen LogP contribution in [0.4, 0.5) is 11.6 Å². The first-order chi connectivity index (χ1) is 10.8. The average Bonchev–Trinajstić information content (AvgIpc) is 2.88. The summed E-state index contributed by atoms with van der Waals surface area (Å²) in [4.78, 5) is 14.5. The first-order valence-electron chi connectivity index (χ1n) is 7.65. The summed E-state index contributed by atoms with van der Waals surface area (Å²) in [5.74, 6) is 0.311. The van der Waals surface area contributed by atoms with Crippen molar-refractivity contribution >= 4 is 29.1 Å². The number of rotatable bonds is 3. The molecule has 2 heterocycles. The van der Waals surface area contributed by atoms with Gasteiger partial charge in [-0.1, -0.05) is 37.5 Å². The van der Waals surface area contributed by atoms with Crippen molar-refractivity contribution in [3.63, 3.8) is 0 Å². The van der Waals surface area contributed by atoms with E-state index in [9.17, 15) is 4.79 Å². The standard InChI is InChI=1S/C17H20ClN3O2/c1-17(2,3)14-10-15(23-20-14)19-16(22)13-8-9-21(13)12-6-4-11(18)5-7-12/h4-7,10,13H,8-9H2,1-3H3,(H,19,22)/t13-/m0/s1. The number of anilines is 2. The molecule has 122 valence electrons.